The molecule has 12 heavy (non-hydrogen) atoms. The molecule has 6 heteroatoms. The maximum absolute atomic E-state index is 11.0. The van der Waals surface area contributed by atoms with Crippen molar-refractivity contribution >= 4 is 7.82 Å². The normalized spacial score (nSPS) is 16.4. The molecule has 0 heterocycles. The number of phosphoric ester groups is 1. The van der Waals surface area contributed by atoms with Crippen molar-refractivity contribution < 1.29 is 18.5 Å². The first kappa shape index (κ1) is 12.1. The topological polar surface area (TPSA) is 81.8 Å². The van der Waals surface area contributed by atoms with E-state index in [1.54, 1.807) is 13.8 Å². The maximum atomic E-state index is 11.0. The van der Waals surface area contributed by atoms with E-state index in [0.717, 1.165) is 0 Å². The van der Waals surface area contributed by atoms with Gasteiger partial charge in [-0.05, 0) is 26.8 Å². The summed E-state index contributed by atoms with van der Waals surface area (Å²) in [5, 5.41) is 0. The summed E-state index contributed by atoms with van der Waals surface area (Å²) in [4.78, 5) is 8.98. The van der Waals surface area contributed by atoms with Crippen LogP contribution in [0.1, 0.15) is 20.3 Å². The molecule has 0 radical (unpaired) electrons. The molecule has 0 fully saturated rings. The summed E-state index contributed by atoms with van der Waals surface area (Å²) in [5.41, 5.74) is 5.17. The first-order valence-corrected chi connectivity index (χ1v) is 5.33. The van der Waals surface area contributed by atoms with Crippen molar-refractivity contribution in [2.24, 2.45) is 5.73 Å². The van der Waals surface area contributed by atoms with Crippen LogP contribution in [0.5, 0.6) is 0 Å². The van der Waals surface area contributed by atoms with E-state index in [1.807, 2.05) is 0 Å². The fourth-order valence-corrected chi connectivity index (χ4v) is 1.51. The van der Waals surface area contributed by atoms with E-state index in [2.05, 4.69) is 9.05 Å². The Morgan fingerprint density at radius 2 is 2.17 bits per heavy atom. The lowest BCUT2D eigenvalue weighted by atomic mass is 10.5. The summed E-state index contributed by atoms with van der Waals surface area (Å²) in [6.45, 7) is 3.91. The van der Waals surface area contributed by atoms with E-state index in [1.165, 1.54) is 0 Å². The minimum atomic E-state index is -3.83. The van der Waals surface area contributed by atoms with Gasteiger partial charge in [0, 0.05) is 0 Å². The predicted octanol–water partition coefficient (Wildman–Crippen LogP) is 0.877. The Hall–Kier alpha value is 0.0700. The van der Waals surface area contributed by atoms with E-state index >= 15 is 0 Å². The second kappa shape index (κ2) is 5.67. The zero-order valence-electron chi connectivity index (χ0n) is 7.40. The van der Waals surface area contributed by atoms with Crippen molar-refractivity contribution in [1.82, 2.24) is 0 Å². The van der Waals surface area contributed by atoms with Gasteiger partial charge in [-0.2, -0.15) is 0 Å². The van der Waals surface area contributed by atoms with Crippen molar-refractivity contribution in [2.45, 2.75) is 26.4 Å². The van der Waals surface area contributed by atoms with Gasteiger partial charge >= 0.3 is 7.82 Å². The third kappa shape index (κ3) is 6.76. The number of hydrogen-bond acceptors (Lipinski definition) is 4. The molecule has 0 aliphatic rings. The fourth-order valence-electron chi connectivity index (χ4n) is 0.560. The minimum absolute atomic E-state index is 0.150. The number of nitrogens with two attached hydrogens (primary N) is 1. The van der Waals surface area contributed by atoms with Crippen LogP contribution >= 0.6 is 7.82 Å². The van der Waals surface area contributed by atoms with E-state index < -0.39 is 7.82 Å². The highest BCUT2D eigenvalue weighted by Gasteiger charge is 2.21. The second-order valence-electron chi connectivity index (χ2n) is 2.60. The van der Waals surface area contributed by atoms with Gasteiger partial charge in [0.15, 0.2) is 0 Å². The van der Waals surface area contributed by atoms with E-state index in [0.29, 0.717) is 13.0 Å². The van der Waals surface area contributed by atoms with Crippen LogP contribution in [0.3, 0.4) is 0 Å². The van der Waals surface area contributed by atoms with Crippen LogP contribution in [0.2, 0.25) is 0 Å². The summed E-state index contributed by atoms with van der Waals surface area (Å²) in [6.07, 6.45) is 0.227. The van der Waals surface area contributed by atoms with Crippen LogP contribution in [0.15, 0.2) is 0 Å². The summed E-state index contributed by atoms with van der Waals surface area (Å²) < 4.78 is 20.2. The maximum Gasteiger partial charge on any atom is 0.472 e. The molecule has 74 valence electrons. The average molecular weight is 197 g/mol. The molecule has 0 aromatic carbocycles. The van der Waals surface area contributed by atoms with Gasteiger partial charge in [-0.3, -0.25) is 9.05 Å². The Bertz CT molecular complexity index is 162. The minimum Gasteiger partial charge on any atom is -0.330 e. The molecule has 0 saturated carbocycles. The van der Waals surface area contributed by atoms with Gasteiger partial charge in [0.25, 0.3) is 0 Å². The third-order valence-corrected chi connectivity index (χ3v) is 2.14. The molecule has 0 rings (SSSR count). The van der Waals surface area contributed by atoms with Gasteiger partial charge in [0.2, 0.25) is 0 Å². The number of rotatable bonds is 6. The Morgan fingerprint density at radius 1 is 1.58 bits per heavy atom. The van der Waals surface area contributed by atoms with Crippen molar-refractivity contribution in [3.05, 3.63) is 0 Å². The Labute approximate surface area is 72.5 Å². The molecule has 0 aliphatic carbocycles. The Kier molecular flexibility index (Phi) is 5.70. The van der Waals surface area contributed by atoms with Crippen LogP contribution in [-0.2, 0) is 13.6 Å². The van der Waals surface area contributed by atoms with Crippen molar-refractivity contribution in [2.75, 3.05) is 13.2 Å². The standard InChI is InChI=1S/C6H16NO4P/c1-6(2)11-12(8,9)10-5-3-4-7/h6H,3-5,7H2,1-2H3,(H,8,9). The molecule has 3 N–H and O–H groups in total. The lowest BCUT2D eigenvalue weighted by Gasteiger charge is -2.13. The highest BCUT2D eigenvalue weighted by atomic mass is 31.2. The number of hydrogen-bond donors (Lipinski definition) is 2. The molecule has 1 unspecified atom stereocenters. The van der Waals surface area contributed by atoms with Gasteiger partial charge in [-0.1, -0.05) is 0 Å². The molecular formula is C6H16NO4P. The Balaban J connectivity index is 3.64. The van der Waals surface area contributed by atoms with E-state index in [-0.39, 0.29) is 12.7 Å². The summed E-state index contributed by atoms with van der Waals surface area (Å²) in [6, 6.07) is 0. The quantitative estimate of drug-likeness (QED) is 0.487. The smallest absolute Gasteiger partial charge is 0.330 e. The van der Waals surface area contributed by atoms with E-state index in [9.17, 15) is 4.57 Å². The summed E-state index contributed by atoms with van der Waals surface area (Å²) >= 11 is 0. The third-order valence-electron chi connectivity index (χ3n) is 0.947. The average Bonchev–Trinajstić information content (AvgIpc) is 1.84. The van der Waals surface area contributed by atoms with E-state index in [4.69, 9.17) is 10.6 Å². The highest BCUT2D eigenvalue weighted by molar-refractivity contribution is 7.47. The highest BCUT2D eigenvalue weighted by Crippen LogP contribution is 2.44. The zero-order chi connectivity index (χ0) is 9.61. The van der Waals surface area contributed by atoms with Crippen LogP contribution < -0.4 is 5.73 Å². The molecule has 0 aromatic heterocycles. The lowest BCUT2D eigenvalue weighted by molar-refractivity contribution is 0.120. The summed E-state index contributed by atoms with van der Waals surface area (Å²) in [7, 11) is -3.83. The van der Waals surface area contributed by atoms with Gasteiger partial charge in [0.1, 0.15) is 0 Å². The van der Waals surface area contributed by atoms with Crippen molar-refractivity contribution in [3.8, 4) is 0 Å². The molecule has 0 saturated heterocycles. The SMILES string of the molecule is CC(C)OP(=O)(O)OCCCN. The molecule has 0 aromatic rings. The molecular weight excluding hydrogens is 181 g/mol. The molecule has 1 atom stereocenters. The van der Waals surface area contributed by atoms with Gasteiger partial charge in [-0.15, -0.1) is 0 Å². The summed E-state index contributed by atoms with van der Waals surface area (Å²) in [5.74, 6) is 0. The van der Waals surface area contributed by atoms with Crippen LogP contribution in [-0.4, -0.2) is 24.1 Å². The zero-order valence-corrected chi connectivity index (χ0v) is 8.29. The number of phosphoric acid groups is 1. The first-order valence-electron chi connectivity index (χ1n) is 3.84. The first-order chi connectivity index (χ1) is 5.48. The molecule has 5 nitrogen and oxygen atoms in total. The van der Waals surface area contributed by atoms with Crippen molar-refractivity contribution in [3.63, 3.8) is 0 Å². The van der Waals surface area contributed by atoms with Crippen LogP contribution in [0.25, 0.3) is 0 Å². The molecule has 0 spiro atoms. The van der Waals surface area contributed by atoms with Gasteiger partial charge < -0.3 is 10.6 Å². The van der Waals surface area contributed by atoms with Crippen LogP contribution in [0.4, 0.5) is 0 Å². The van der Waals surface area contributed by atoms with Crippen LogP contribution in [0, 0.1) is 0 Å². The Morgan fingerprint density at radius 3 is 2.58 bits per heavy atom. The molecule has 0 bridgehead atoms. The molecule has 0 amide bonds. The largest absolute Gasteiger partial charge is 0.472 e. The second-order valence-corrected chi connectivity index (χ2v) is 4.00. The van der Waals surface area contributed by atoms with Crippen molar-refractivity contribution in [1.29, 1.82) is 0 Å². The van der Waals surface area contributed by atoms with Gasteiger partial charge in [0.05, 0.1) is 12.7 Å². The van der Waals surface area contributed by atoms with Gasteiger partial charge in [-0.25, -0.2) is 4.57 Å². The lowest BCUT2D eigenvalue weighted by Crippen LogP contribution is -2.06. The molecule has 0 aliphatic heterocycles. The predicted molar refractivity (Wildman–Crippen MR) is 45.7 cm³/mol. The monoisotopic (exact) mass is 197 g/mol. The fraction of sp³-hybridized carbons (Fsp3) is 1.00.